The van der Waals surface area contributed by atoms with Crippen molar-refractivity contribution in [3.05, 3.63) is 78.6 Å². The van der Waals surface area contributed by atoms with Crippen LogP contribution in [0.25, 0.3) is 0 Å². The van der Waals surface area contributed by atoms with Gasteiger partial charge in [0.1, 0.15) is 5.25 Å². The van der Waals surface area contributed by atoms with E-state index in [9.17, 15) is 16.8 Å². The summed E-state index contributed by atoms with van der Waals surface area (Å²) in [4.78, 5) is 4.00. The number of pyridine rings is 1. The average molecular weight is 463 g/mol. The molecule has 164 valence electrons. The van der Waals surface area contributed by atoms with Gasteiger partial charge in [0, 0.05) is 25.0 Å². The second-order valence-corrected chi connectivity index (χ2v) is 10.4. The summed E-state index contributed by atoms with van der Waals surface area (Å²) in [5.74, 6) is 0.618. The van der Waals surface area contributed by atoms with Gasteiger partial charge in [-0.3, -0.25) is 4.98 Å². The number of benzene rings is 2. The van der Waals surface area contributed by atoms with E-state index in [1.165, 1.54) is 56.9 Å². The van der Waals surface area contributed by atoms with E-state index in [2.05, 4.69) is 9.71 Å². The van der Waals surface area contributed by atoms with Gasteiger partial charge in [0.15, 0.2) is 21.3 Å². The summed E-state index contributed by atoms with van der Waals surface area (Å²) in [6.45, 7) is -0.375. The maximum Gasteiger partial charge on any atom is 0.240 e. The van der Waals surface area contributed by atoms with Crippen LogP contribution in [0.5, 0.6) is 11.5 Å². The van der Waals surface area contributed by atoms with Gasteiger partial charge < -0.3 is 9.47 Å². The Kier molecular flexibility index (Phi) is 6.94. The number of hydrogen-bond acceptors (Lipinski definition) is 7. The molecule has 1 heterocycles. The summed E-state index contributed by atoms with van der Waals surface area (Å²) in [6, 6.07) is 15.2. The van der Waals surface area contributed by atoms with E-state index in [-0.39, 0.29) is 22.1 Å². The van der Waals surface area contributed by atoms with Crippen molar-refractivity contribution >= 4 is 19.9 Å². The summed E-state index contributed by atoms with van der Waals surface area (Å²) in [7, 11) is -5.09. The maximum atomic E-state index is 13.3. The zero-order chi connectivity index (χ0) is 22.5. The first-order chi connectivity index (χ1) is 14.8. The number of hydrogen-bond donors (Lipinski definition) is 1. The molecule has 0 unspecified atom stereocenters. The van der Waals surface area contributed by atoms with Gasteiger partial charge in [-0.2, -0.15) is 0 Å². The fourth-order valence-corrected chi connectivity index (χ4v) is 5.83. The van der Waals surface area contributed by atoms with Crippen LogP contribution in [-0.2, 0) is 19.9 Å². The largest absolute Gasteiger partial charge is 0.493 e. The molecule has 3 rings (SSSR count). The van der Waals surface area contributed by atoms with E-state index in [1.54, 1.807) is 30.3 Å². The van der Waals surface area contributed by atoms with Crippen molar-refractivity contribution in [2.75, 3.05) is 20.8 Å². The molecule has 1 atom stereocenters. The molecular weight excluding hydrogens is 440 g/mol. The van der Waals surface area contributed by atoms with Gasteiger partial charge in [0.05, 0.1) is 24.0 Å². The van der Waals surface area contributed by atoms with Crippen LogP contribution in [0, 0.1) is 0 Å². The van der Waals surface area contributed by atoms with Gasteiger partial charge in [0.25, 0.3) is 0 Å². The van der Waals surface area contributed by atoms with Gasteiger partial charge in [-0.1, -0.05) is 24.3 Å². The van der Waals surface area contributed by atoms with Crippen molar-refractivity contribution in [3.63, 3.8) is 0 Å². The third-order valence-electron chi connectivity index (χ3n) is 4.63. The van der Waals surface area contributed by atoms with Crippen molar-refractivity contribution in [2.45, 2.75) is 15.0 Å². The predicted molar refractivity (Wildman–Crippen MR) is 115 cm³/mol. The molecule has 10 heteroatoms. The van der Waals surface area contributed by atoms with Crippen LogP contribution in [0.15, 0.2) is 82.8 Å². The number of nitrogens with one attached hydrogen (secondary N) is 1. The third-order valence-corrected chi connectivity index (χ3v) is 8.16. The lowest BCUT2D eigenvalue weighted by Crippen LogP contribution is -2.32. The van der Waals surface area contributed by atoms with E-state index in [1.807, 2.05) is 0 Å². The monoisotopic (exact) mass is 462 g/mol. The van der Waals surface area contributed by atoms with Crippen LogP contribution in [0.2, 0.25) is 0 Å². The first kappa shape index (κ1) is 22.7. The van der Waals surface area contributed by atoms with Crippen molar-refractivity contribution in [3.8, 4) is 11.5 Å². The average Bonchev–Trinajstić information content (AvgIpc) is 2.79. The molecule has 0 saturated carbocycles. The molecule has 8 nitrogen and oxygen atoms in total. The highest BCUT2D eigenvalue weighted by Crippen LogP contribution is 2.31. The second-order valence-electron chi connectivity index (χ2n) is 6.50. The van der Waals surface area contributed by atoms with Gasteiger partial charge in [-0.05, 0) is 35.9 Å². The topological polar surface area (TPSA) is 112 Å². The highest BCUT2D eigenvalue weighted by molar-refractivity contribution is 7.92. The third kappa shape index (κ3) is 5.04. The minimum atomic E-state index is -4.03. The Bertz CT molecular complexity index is 1230. The lowest BCUT2D eigenvalue weighted by Gasteiger charge is -2.19. The predicted octanol–water partition coefficient (Wildman–Crippen LogP) is 2.59. The van der Waals surface area contributed by atoms with Crippen LogP contribution < -0.4 is 14.2 Å². The quantitative estimate of drug-likeness (QED) is 0.520. The lowest BCUT2D eigenvalue weighted by molar-refractivity contribution is 0.354. The second kappa shape index (κ2) is 9.46. The molecule has 1 aromatic heterocycles. The molecule has 1 N–H and O–H groups in total. The van der Waals surface area contributed by atoms with Crippen LogP contribution in [0.4, 0.5) is 0 Å². The number of aromatic nitrogens is 1. The number of methoxy groups -OCH3 is 2. The van der Waals surface area contributed by atoms with Gasteiger partial charge in [-0.15, -0.1) is 0 Å². The molecule has 0 radical (unpaired) electrons. The molecule has 2 aromatic carbocycles. The Labute approximate surface area is 181 Å². The number of ether oxygens (including phenoxy) is 2. The molecule has 3 aromatic rings. The van der Waals surface area contributed by atoms with E-state index in [0.717, 1.165) is 0 Å². The van der Waals surface area contributed by atoms with Crippen LogP contribution in [0.1, 0.15) is 10.8 Å². The Morgan fingerprint density at radius 3 is 2.19 bits per heavy atom. The molecule has 31 heavy (non-hydrogen) atoms. The molecule has 0 aliphatic carbocycles. The normalized spacial score (nSPS) is 12.8. The lowest BCUT2D eigenvalue weighted by atomic mass is 10.2. The summed E-state index contributed by atoms with van der Waals surface area (Å²) < 4.78 is 65.0. The van der Waals surface area contributed by atoms with E-state index >= 15 is 0 Å². The molecule has 0 fully saturated rings. The number of sulfonamides is 1. The summed E-state index contributed by atoms with van der Waals surface area (Å²) in [5.41, 5.74) is 0.376. The van der Waals surface area contributed by atoms with Crippen LogP contribution in [0.3, 0.4) is 0 Å². The van der Waals surface area contributed by atoms with Crippen molar-refractivity contribution in [1.82, 2.24) is 9.71 Å². The summed E-state index contributed by atoms with van der Waals surface area (Å²) in [5, 5.41) is -1.17. The van der Waals surface area contributed by atoms with Crippen molar-refractivity contribution < 1.29 is 26.3 Å². The Morgan fingerprint density at radius 1 is 0.871 bits per heavy atom. The summed E-state index contributed by atoms with van der Waals surface area (Å²) in [6.07, 6.45) is 2.93. The Balaban J connectivity index is 1.94. The summed E-state index contributed by atoms with van der Waals surface area (Å²) >= 11 is 0. The number of nitrogens with zero attached hydrogens (tertiary/aromatic N) is 1. The van der Waals surface area contributed by atoms with Gasteiger partial charge in [0.2, 0.25) is 10.0 Å². The number of sulfone groups is 1. The van der Waals surface area contributed by atoms with Crippen LogP contribution in [-0.4, -0.2) is 42.6 Å². The molecule has 0 amide bonds. The van der Waals surface area contributed by atoms with Crippen LogP contribution >= 0.6 is 0 Å². The first-order valence-electron chi connectivity index (χ1n) is 9.20. The minimum absolute atomic E-state index is 0.0767. The standard InChI is InChI=1S/C21H22N2O6S2/c1-28-19-11-10-18(13-20(19)29-2)31(26,27)23-15-21(16-7-6-12-22-14-16)30(24,25)17-8-4-3-5-9-17/h3-14,21,23H,15H2,1-2H3/t21-/m1/s1. The molecule has 0 aliphatic heterocycles. The zero-order valence-electron chi connectivity index (χ0n) is 16.9. The van der Waals surface area contributed by atoms with E-state index in [0.29, 0.717) is 11.3 Å². The fourth-order valence-electron chi connectivity index (χ4n) is 3.00. The van der Waals surface area contributed by atoms with Gasteiger partial charge in [-0.25, -0.2) is 21.6 Å². The van der Waals surface area contributed by atoms with E-state index < -0.39 is 25.1 Å². The maximum absolute atomic E-state index is 13.3. The minimum Gasteiger partial charge on any atom is -0.493 e. The Morgan fingerprint density at radius 2 is 1.58 bits per heavy atom. The highest BCUT2D eigenvalue weighted by Gasteiger charge is 2.31. The molecule has 0 aliphatic rings. The Hall–Kier alpha value is -2.95. The SMILES string of the molecule is COc1ccc(S(=O)(=O)NC[C@H](c2cccnc2)S(=O)(=O)c2ccccc2)cc1OC. The smallest absolute Gasteiger partial charge is 0.240 e. The highest BCUT2D eigenvalue weighted by atomic mass is 32.2. The first-order valence-corrected chi connectivity index (χ1v) is 12.2. The molecule has 0 saturated heterocycles. The molecular formula is C21H22N2O6S2. The van der Waals surface area contributed by atoms with Gasteiger partial charge >= 0.3 is 0 Å². The van der Waals surface area contributed by atoms with E-state index in [4.69, 9.17) is 9.47 Å². The zero-order valence-corrected chi connectivity index (χ0v) is 18.6. The molecule has 0 bridgehead atoms. The fraction of sp³-hybridized carbons (Fsp3) is 0.190. The van der Waals surface area contributed by atoms with Crippen molar-refractivity contribution in [2.24, 2.45) is 0 Å². The van der Waals surface area contributed by atoms with Crippen molar-refractivity contribution in [1.29, 1.82) is 0 Å². The number of rotatable bonds is 9. The molecule has 0 spiro atoms.